The minimum Gasteiger partial charge on any atom is -0.433 e. The molecule has 0 radical (unpaired) electrons. The Morgan fingerprint density at radius 2 is 1.92 bits per heavy atom. The molecule has 2 heterocycles. The zero-order valence-electron chi connectivity index (χ0n) is 16.0. The number of esters is 1. The number of cyclic esters (lactones) is 1. The van der Waals surface area contributed by atoms with E-state index in [4.69, 9.17) is 14.2 Å². The van der Waals surface area contributed by atoms with Gasteiger partial charge in [-0.1, -0.05) is 39.8 Å². The number of hydrogen-bond donors (Lipinski definition) is 0. The van der Waals surface area contributed by atoms with Crippen LogP contribution >= 0.6 is 0 Å². The predicted octanol–water partition coefficient (Wildman–Crippen LogP) is 3.51. The summed E-state index contributed by atoms with van der Waals surface area (Å²) in [5, 5.41) is 0.224. The molecule has 1 aliphatic carbocycles. The lowest BCUT2D eigenvalue weighted by atomic mass is 9.57. The SMILES string of the molecule is CC1(C)OC(=O)[C@H]2C[C@@H]3CO[C@H](C#C[Si](C)(C)C(C)(C)C)C[C@@]32O1. The van der Waals surface area contributed by atoms with Crippen LogP contribution in [0.4, 0.5) is 0 Å². The topological polar surface area (TPSA) is 44.8 Å². The van der Waals surface area contributed by atoms with Crippen molar-refractivity contribution >= 4 is 14.0 Å². The van der Waals surface area contributed by atoms with Gasteiger partial charge in [0, 0.05) is 26.2 Å². The van der Waals surface area contributed by atoms with Crippen LogP contribution < -0.4 is 0 Å². The molecule has 0 bridgehead atoms. The van der Waals surface area contributed by atoms with E-state index in [1.807, 2.05) is 13.8 Å². The zero-order valence-corrected chi connectivity index (χ0v) is 17.0. The molecule has 1 spiro atoms. The highest BCUT2D eigenvalue weighted by Crippen LogP contribution is 2.57. The molecule has 4 nitrogen and oxygen atoms in total. The maximum absolute atomic E-state index is 12.3. The van der Waals surface area contributed by atoms with Gasteiger partial charge in [-0.15, -0.1) is 5.54 Å². The zero-order chi connectivity index (χ0) is 18.0. The molecule has 4 atom stereocenters. The number of carbonyl (C=O) groups is 1. The lowest BCUT2D eigenvalue weighted by Crippen LogP contribution is -2.71. The minimum atomic E-state index is -1.67. The average Bonchev–Trinajstić information content (AvgIpc) is 2.37. The number of hydrogen-bond acceptors (Lipinski definition) is 4. The molecular formula is C19H30O4Si. The van der Waals surface area contributed by atoms with Crippen molar-refractivity contribution in [2.45, 2.75) is 83.1 Å². The Labute approximate surface area is 146 Å². The molecule has 0 aromatic heterocycles. The normalized spacial score (nSPS) is 38.0. The number of rotatable bonds is 0. The van der Waals surface area contributed by atoms with E-state index in [1.165, 1.54) is 0 Å². The summed E-state index contributed by atoms with van der Waals surface area (Å²) in [6, 6.07) is 0. The summed E-state index contributed by atoms with van der Waals surface area (Å²) in [6.07, 6.45) is 1.32. The Morgan fingerprint density at radius 3 is 2.54 bits per heavy atom. The first-order chi connectivity index (χ1) is 10.9. The molecular weight excluding hydrogens is 320 g/mol. The summed E-state index contributed by atoms with van der Waals surface area (Å²) >= 11 is 0. The van der Waals surface area contributed by atoms with Crippen LogP contribution in [0.3, 0.4) is 0 Å². The summed E-state index contributed by atoms with van der Waals surface area (Å²) in [5.41, 5.74) is 3.10. The van der Waals surface area contributed by atoms with Gasteiger partial charge < -0.3 is 14.2 Å². The first-order valence-corrected chi connectivity index (χ1v) is 11.9. The van der Waals surface area contributed by atoms with E-state index in [0.29, 0.717) is 13.0 Å². The second-order valence-electron chi connectivity index (χ2n) is 9.53. The fourth-order valence-electron chi connectivity index (χ4n) is 3.73. The number of ether oxygens (including phenoxy) is 3. The van der Waals surface area contributed by atoms with Crippen molar-refractivity contribution in [1.82, 2.24) is 0 Å². The molecule has 3 aliphatic rings. The summed E-state index contributed by atoms with van der Waals surface area (Å²) in [7, 11) is -1.67. The first-order valence-electron chi connectivity index (χ1n) is 8.94. The third-order valence-electron chi connectivity index (χ3n) is 6.29. The molecule has 0 aromatic rings. The van der Waals surface area contributed by atoms with E-state index < -0.39 is 19.5 Å². The second kappa shape index (κ2) is 5.33. The van der Waals surface area contributed by atoms with Crippen LogP contribution in [-0.2, 0) is 19.0 Å². The standard InChI is InChI=1S/C19H30O4Si/c1-17(2,3)24(6,7)9-8-14-11-19-13(12-21-14)10-15(19)16(20)22-18(4,5)23-19/h13-15H,10-12H2,1-7H3/t13-,14-,15-,19-/m1/s1. The van der Waals surface area contributed by atoms with Gasteiger partial charge >= 0.3 is 5.97 Å². The van der Waals surface area contributed by atoms with Crippen molar-refractivity contribution in [2.24, 2.45) is 11.8 Å². The van der Waals surface area contributed by atoms with Crippen LogP contribution in [0.15, 0.2) is 0 Å². The summed E-state index contributed by atoms with van der Waals surface area (Å²) in [6.45, 7) is 15.6. The van der Waals surface area contributed by atoms with E-state index in [9.17, 15) is 4.79 Å². The average molecular weight is 351 g/mol. The maximum Gasteiger partial charge on any atom is 0.314 e. The van der Waals surface area contributed by atoms with Gasteiger partial charge in [0.15, 0.2) is 0 Å². The maximum atomic E-state index is 12.3. The molecule has 1 saturated carbocycles. The lowest BCUT2D eigenvalue weighted by Gasteiger charge is -2.62. The third-order valence-corrected chi connectivity index (χ3v) is 10.8. The van der Waals surface area contributed by atoms with Crippen molar-refractivity contribution in [3.05, 3.63) is 0 Å². The van der Waals surface area contributed by atoms with E-state index in [2.05, 4.69) is 45.3 Å². The Balaban J connectivity index is 1.81. The summed E-state index contributed by atoms with van der Waals surface area (Å²) in [5.74, 6) is 2.52. The van der Waals surface area contributed by atoms with Crippen LogP contribution in [0.25, 0.3) is 0 Å². The third kappa shape index (κ3) is 2.83. The molecule has 0 amide bonds. The van der Waals surface area contributed by atoms with Gasteiger partial charge in [0.2, 0.25) is 5.79 Å². The molecule has 2 aliphatic heterocycles. The lowest BCUT2D eigenvalue weighted by molar-refractivity contribution is -0.366. The van der Waals surface area contributed by atoms with Crippen molar-refractivity contribution < 1.29 is 19.0 Å². The van der Waals surface area contributed by atoms with Gasteiger partial charge in [-0.25, -0.2) is 0 Å². The van der Waals surface area contributed by atoms with E-state index in [0.717, 1.165) is 6.42 Å². The Bertz CT molecular complexity index is 607. The molecule has 134 valence electrons. The second-order valence-corrected chi connectivity index (χ2v) is 14.5. The first kappa shape index (κ1) is 18.0. The van der Waals surface area contributed by atoms with Gasteiger partial charge in [-0.05, 0) is 11.5 Å². The molecule has 3 rings (SSSR count). The van der Waals surface area contributed by atoms with Gasteiger partial charge in [0.1, 0.15) is 14.2 Å². The Morgan fingerprint density at radius 1 is 1.25 bits per heavy atom. The van der Waals surface area contributed by atoms with E-state index in [1.54, 1.807) is 0 Å². The van der Waals surface area contributed by atoms with Crippen LogP contribution in [0, 0.1) is 23.3 Å². The summed E-state index contributed by atoms with van der Waals surface area (Å²) < 4.78 is 17.7. The monoisotopic (exact) mass is 350 g/mol. The molecule has 3 fully saturated rings. The molecule has 0 unspecified atom stereocenters. The van der Waals surface area contributed by atoms with Gasteiger partial charge in [0.05, 0.1) is 18.1 Å². The molecule has 2 saturated heterocycles. The minimum absolute atomic E-state index is 0.125. The number of carbonyl (C=O) groups excluding carboxylic acids is 1. The molecule has 24 heavy (non-hydrogen) atoms. The Kier molecular flexibility index (Phi) is 3.99. The van der Waals surface area contributed by atoms with Crippen molar-refractivity contribution in [3.8, 4) is 11.5 Å². The molecule has 0 N–H and O–H groups in total. The highest BCUT2D eigenvalue weighted by Gasteiger charge is 2.67. The Hall–Kier alpha value is -0.833. The van der Waals surface area contributed by atoms with Crippen molar-refractivity contribution in [1.29, 1.82) is 0 Å². The van der Waals surface area contributed by atoms with E-state index >= 15 is 0 Å². The quantitative estimate of drug-likeness (QED) is 0.381. The van der Waals surface area contributed by atoms with Gasteiger partial charge in [-0.3, -0.25) is 4.79 Å². The largest absolute Gasteiger partial charge is 0.433 e. The van der Waals surface area contributed by atoms with Crippen molar-refractivity contribution in [3.63, 3.8) is 0 Å². The smallest absolute Gasteiger partial charge is 0.314 e. The van der Waals surface area contributed by atoms with Crippen LogP contribution in [0.2, 0.25) is 18.1 Å². The predicted molar refractivity (Wildman–Crippen MR) is 94.9 cm³/mol. The van der Waals surface area contributed by atoms with Gasteiger partial charge in [0.25, 0.3) is 0 Å². The van der Waals surface area contributed by atoms with Crippen LogP contribution in [-0.4, -0.2) is 38.1 Å². The molecule has 5 heteroatoms. The fourth-order valence-corrected chi connectivity index (χ4v) is 4.63. The highest BCUT2D eigenvalue weighted by molar-refractivity contribution is 6.87. The molecule has 0 aromatic carbocycles. The van der Waals surface area contributed by atoms with Gasteiger partial charge in [-0.2, -0.15) is 0 Å². The van der Waals surface area contributed by atoms with Crippen molar-refractivity contribution in [2.75, 3.05) is 6.61 Å². The van der Waals surface area contributed by atoms with Crippen LogP contribution in [0.5, 0.6) is 0 Å². The highest BCUT2D eigenvalue weighted by atomic mass is 28.3. The van der Waals surface area contributed by atoms with Crippen LogP contribution in [0.1, 0.15) is 47.5 Å². The summed E-state index contributed by atoms with van der Waals surface area (Å²) in [4.78, 5) is 12.3. The van der Waals surface area contributed by atoms with E-state index in [-0.39, 0.29) is 28.9 Å². The fraction of sp³-hybridized carbons (Fsp3) is 0.842.